The summed E-state index contributed by atoms with van der Waals surface area (Å²) in [5.41, 5.74) is 8.64. The van der Waals surface area contributed by atoms with Crippen molar-refractivity contribution in [2.24, 2.45) is 11.8 Å². The maximum atomic E-state index is 12.5. The number of carbonyl (C=O) groups excluding carboxylic acids is 1. The molecule has 2 saturated carbocycles. The van der Waals surface area contributed by atoms with E-state index in [1.807, 2.05) is 18.2 Å². The van der Waals surface area contributed by atoms with Gasteiger partial charge in [0.05, 0.1) is 0 Å². The molecule has 3 heteroatoms. The largest absolute Gasteiger partial charge is 0.398 e. The highest BCUT2D eigenvalue weighted by atomic mass is 16.2. The minimum atomic E-state index is 0.204. The van der Waals surface area contributed by atoms with Crippen LogP contribution in [-0.2, 0) is 6.54 Å². The molecule has 1 aliphatic heterocycles. The normalized spacial score (nSPS) is 33.2. The van der Waals surface area contributed by atoms with Crippen molar-refractivity contribution in [1.82, 2.24) is 4.90 Å². The van der Waals surface area contributed by atoms with Gasteiger partial charge >= 0.3 is 0 Å². The van der Waals surface area contributed by atoms with E-state index in [9.17, 15) is 4.79 Å². The Bertz CT molecular complexity index is 525. The lowest BCUT2D eigenvalue weighted by atomic mass is 9.94. The fraction of sp³-hybridized carbons (Fsp3) is 0.533. The SMILES string of the molecule is Nc1cccc2c1CN([C@@H]1C[C@H]3CC[C@@H]1C3)C2=O. The van der Waals surface area contributed by atoms with E-state index < -0.39 is 0 Å². The molecule has 1 amide bonds. The summed E-state index contributed by atoms with van der Waals surface area (Å²) in [5.74, 6) is 1.82. The quantitative estimate of drug-likeness (QED) is 0.769. The second-order valence-corrected chi connectivity index (χ2v) is 6.05. The molecule has 2 aliphatic carbocycles. The molecular weight excluding hydrogens is 224 g/mol. The average molecular weight is 242 g/mol. The van der Waals surface area contributed by atoms with Gasteiger partial charge in [-0.25, -0.2) is 0 Å². The lowest BCUT2D eigenvalue weighted by molar-refractivity contribution is 0.0637. The summed E-state index contributed by atoms with van der Waals surface area (Å²) in [5, 5.41) is 0. The lowest BCUT2D eigenvalue weighted by Gasteiger charge is -2.31. The monoisotopic (exact) mass is 242 g/mol. The smallest absolute Gasteiger partial charge is 0.254 e. The van der Waals surface area contributed by atoms with Crippen molar-refractivity contribution in [3.8, 4) is 0 Å². The highest BCUT2D eigenvalue weighted by molar-refractivity contribution is 6.00. The molecule has 3 nitrogen and oxygen atoms in total. The second kappa shape index (κ2) is 3.50. The molecule has 2 fully saturated rings. The van der Waals surface area contributed by atoms with Crippen LogP contribution in [0.1, 0.15) is 41.6 Å². The molecule has 0 spiro atoms. The van der Waals surface area contributed by atoms with E-state index in [0.29, 0.717) is 6.04 Å². The molecule has 1 aromatic carbocycles. The van der Waals surface area contributed by atoms with Crippen LogP contribution >= 0.6 is 0 Å². The van der Waals surface area contributed by atoms with E-state index in [1.54, 1.807) is 0 Å². The fourth-order valence-corrected chi connectivity index (χ4v) is 4.24. The molecule has 18 heavy (non-hydrogen) atoms. The van der Waals surface area contributed by atoms with Crippen LogP contribution in [-0.4, -0.2) is 16.8 Å². The molecule has 1 aromatic rings. The minimum Gasteiger partial charge on any atom is -0.398 e. The van der Waals surface area contributed by atoms with Crippen molar-refractivity contribution in [2.75, 3.05) is 5.73 Å². The number of anilines is 1. The van der Waals surface area contributed by atoms with Crippen molar-refractivity contribution in [1.29, 1.82) is 0 Å². The molecule has 3 atom stereocenters. The molecule has 1 heterocycles. The van der Waals surface area contributed by atoms with E-state index in [2.05, 4.69) is 4.90 Å². The highest BCUT2D eigenvalue weighted by Crippen LogP contribution is 2.48. The van der Waals surface area contributed by atoms with Crippen molar-refractivity contribution >= 4 is 11.6 Å². The van der Waals surface area contributed by atoms with Gasteiger partial charge in [-0.05, 0) is 43.2 Å². The molecule has 4 rings (SSSR count). The van der Waals surface area contributed by atoms with Crippen LogP contribution in [0, 0.1) is 11.8 Å². The molecule has 3 aliphatic rings. The van der Waals surface area contributed by atoms with Crippen molar-refractivity contribution in [2.45, 2.75) is 38.3 Å². The Labute approximate surface area is 107 Å². The third kappa shape index (κ3) is 1.27. The molecule has 2 bridgehead atoms. The van der Waals surface area contributed by atoms with Crippen molar-refractivity contribution in [3.63, 3.8) is 0 Å². The van der Waals surface area contributed by atoms with Crippen molar-refractivity contribution < 1.29 is 4.79 Å². The van der Waals surface area contributed by atoms with Gasteiger partial charge in [-0.15, -0.1) is 0 Å². The van der Waals surface area contributed by atoms with Gasteiger partial charge in [-0.1, -0.05) is 12.5 Å². The van der Waals surface area contributed by atoms with Crippen LogP contribution in [0.4, 0.5) is 5.69 Å². The van der Waals surface area contributed by atoms with Crippen LogP contribution in [0.5, 0.6) is 0 Å². The number of nitrogens with zero attached hydrogens (tertiary/aromatic N) is 1. The van der Waals surface area contributed by atoms with Gasteiger partial charge in [-0.2, -0.15) is 0 Å². The Kier molecular flexibility index (Phi) is 2.02. The van der Waals surface area contributed by atoms with Crippen LogP contribution < -0.4 is 5.73 Å². The van der Waals surface area contributed by atoms with E-state index in [4.69, 9.17) is 5.73 Å². The Morgan fingerprint density at radius 3 is 2.78 bits per heavy atom. The topological polar surface area (TPSA) is 46.3 Å². The van der Waals surface area contributed by atoms with Gasteiger partial charge < -0.3 is 10.6 Å². The minimum absolute atomic E-state index is 0.204. The number of hydrogen-bond acceptors (Lipinski definition) is 2. The van der Waals surface area contributed by atoms with Gasteiger partial charge in [0.2, 0.25) is 0 Å². The van der Waals surface area contributed by atoms with Crippen LogP contribution in [0.25, 0.3) is 0 Å². The molecule has 0 aromatic heterocycles. The Morgan fingerprint density at radius 2 is 2.11 bits per heavy atom. The predicted octanol–water partition coefficient (Wildman–Crippen LogP) is 2.41. The van der Waals surface area contributed by atoms with Crippen LogP contribution in [0.15, 0.2) is 18.2 Å². The van der Waals surface area contributed by atoms with Crippen LogP contribution in [0.3, 0.4) is 0 Å². The molecule has 2 N–H and O–H groups in total. The summed E-state index contributed by atoms with van der Waals surface area (Å²) in [4.78, 5) is 14.6. The number of hydrogen-bond donors (Lipinski definition) is 1. The number of amides is 1. The van der Waals surface area contributed by atoms with Gasteiger partial charge in [0.25, 0.3) is 5.91 Å². The maximum Gasteiger partial charge on any atom is 0.254 e. The first-order valence-corrected chi connectivity index (χ1v) is 6.92. The standard InChI is InChI=1S/C15H18N2O/c16-13-3-1-2-11-12(13)8-17(15(11)18)14-7-9-4-5-10(14)6-9/h1-3,9-10,14H,4-8,16H2/t9-,10+,14+/m0/s1. The zero-order chi connectivity index (χ0) is 12.3. The lowest BCUT2D eigenvalue weighted by Crippen LogP contribution is -2.39. The number of carbonyl (C=O) groups is 1. The van der Waals surface area contributed by atoms with Gasteiger partial charge in [-0.3, -0.25) is 4.79 Å². The fourth-order valence-electron chi connectivity index (χ4n) is 4.24. The summed E-state index contributed by atoms with van der Waals surface area (Å²) < 4.78 is 0. The summed E-state index contributed by atoms with van der Waals surface area (Å²) in [7, 11) is 0. The number of rotatable bonds is 1. The first kappa shape index (κ1) is 10.4. The first-order valence-electron chi connectivity index (χ1n) is 6.92. The van der Waals surface area contributed by atoms with E-state index in [1.165, 1.54) is 25.7 Å². The zero-order valence-electron chi connectivity index (χ0n) is 10.4. The highest BCUT2D eigenvalue weighted by Gasteiger charge is 2.45. The predicted molar refractivity (Wildman–Crippen MR) is 70.0 cm³/mol. The Balaban J connectivity index is 1.67. The summed E-state index contributed by atoms with van der Waals surface area (Å²) in [6, 6.07) is 6.18. The second-order valence-electron chi connectivity index (χ2n) is 6.05. The zero-order valence-corrected chi connectivity index (χ0v) is 10.4. The number of fused-ring (bicyclic) bond motifs is 3. The Morgan fingerprint density at radius 1 is 1.22 bits per heavy atom. The van der Waals surface area contributed by atoms with Gasteiger partial charge in [0, 0.05) is 29.4 Å². The summed E-state index contributed by atoms with van der Waals surface area (Å²) in [6.07, 6.45) is 5.23. The molecular formula is C15H18N2O. The maximum absolute atomic E-state index is 12.5. The van der Waals surface area contributed by atoms with E-state index >= 15 is 0 Å². The van der Waals surface area contributed by atoms with Gasteiger partial charge in [0.15, 0.2) is 0 Å². The van der Waals surface area contributed by atoms with E-state index in [-0.39, 0.29) is 5.91 Å². The average Bonchev–Trinajstić information content (AvgIpc) is 3.04. The molecule has 94 valence electrons. The summed E-state index contributed by atoms with van der Waals surface area (Å²) >= 11 is 0. The number of benzene rings is 1. The number of nitrogens with two attached hydrogens (primary N) is 1. The Hall–Kier alpha value is -1.51. The number of nitrogen functional groups attached to an aromatic ring is 1. The molecule has 0 radical (unpaired) electrons. The summed E-state index contributed by atoms with van der Waals surface area (Å²) in [6.45, 7) is 0.731. The third-order valence-corrected chi connectivity index (χ3v) is 5.13. The van der Waals surface area contributed by atoms with Crippen LogP contribution in [0.2, 0.25) is 0 Å². The molecule has 0 saturated heterocycles. The third-order valence-electron chi connectivity index (χ3n) is 5.13. The van der Waals surface area contributed by atoms with Crippen molar-refractivity contribution in [3.05, 3.63) is 29.3 Å². The van der Waals surface area contributed by atoms with Gasteiger partial charge in [0.1, 0.15) is 0 Å². The van der Waals surface area contributed by atoms with E-state index in [0.717, 1.165) is 35.2 Å². The molecule has 0 unspecified atom stereocenters. The first-order chi connectivity index (χ1) is 8.74.